The van der Waals surface area contributed by atoms with Crippen LogP contribution in [0.3, 0.4) is 0 Å². The molecule has 0 aromatic heterocycles. The quantitative estimate of drug-likeness (QED) is 0.855. The topological polar surface area (TPSA) is 89.3 Å². The van der Waals surface area contributed by atoms with Gasteiger partial charge in [-0.1, -0.05) is 0 Å². The number of amides is 1. The van der Waals surface area contributed by atoms with Crippen molar-refractivity contribution in [2.24, 2.45) is 5.73 Å². The minimum atomic E-state index is -3.13. The summed E-state index contributed by atoms with van der Waals surface area (Å²) in [5, 5.41) is 3.01. The van der Waals surface area contributed by atoms with Crippen molar-refractivity contribution in [3.05, 3.63) is 29.8 Å². The van der Waals surface area contributed by atoms with Crippen LogP contribution in [-0.2, 0) is 9.84 Å². The SMILES string of the molecule is CC(C)(C)S(=O)(=O)CCNc1ccc(C(N)=O)cc1. The Hall–Kier alpha value is -1.56. The lowest BCUT2D eigenvalue weighted by atomic mass is 10.2. The van der Waals surface area contributed by atoms with Gasteiger partial charge in [0.1, 0.15) is 0 Å². The average Bonchev–Trinajstić information content (AvgIpc) is 2.28. The van der Waals surface area contributed by atoms with E-state index >= 15 is 0 Å². The molecule has 0 saturated heterocycles. The molecule has 3 N–H and O–H groups in total. The van der Waals surface area contributed by atoms with Crippen molar-refractivity contribution >= 4 is 21.4 Å². The summed E-state index contributed by atoms with van der Waals surface area (Å²) < 4.78 is 23.0. The minimum Gasteiger partial charge on any atom is -0.384 e. The minimum absolute atomic E-state index is 0.0636. The van der Waals surface area contributed by atoms with Crippen molar-refractivity contribution in [2.45, 2.75) is 25.5 Å². The summed E-state index contributed by atoms with van der Waals surface area (Å²) in [5.41, 5.74) is 6.31. The van der Waals surface area contributed by atoms with Gasteiger partial charge in [-0.05, 0) is 45.0 Å². The Kier molecular flexibility index (Phi) is 4.57. The summed E-state index contributed by atoms with van der Waals surface area (Å²) >= 11 is 0. The standard InChI is InChI=1S/C13H20N2O3S/c1-13(2,3)19(17,18)9-8-15-11-6-4-10(5-7-11)12(14)16/h4-7,15H,8-9H2,1-3H3,(H2,14,16). The van der Waals surface area contributed by atoms with Crippen LogP contribution < -0.4 is 11.1 Å². The first-order chi connectivity index (χ1) is 8.63. The van der Waals surface area contributed by atoms with Crippen LogP contribution in [-0.4, -0.2) is 31.4 Å². The molecule has 0 unspecified atom stereocenters. The van der Waals surface area contributed by atoms with Gasteiger partial charge in [0.2, 0.25) is 5.91 Å². The molecule has 5 nitrogen and oxygen atoms in total. The number of anilines is 1. The van der Waals surface area contributed by atoms with E-state index in [-0.39, 0.29) is 5.75 Å². The monoisotopic (exact) mass is 284 g/mol. The smallest absolute Gasteiger partial charge is 0.248 e. The van der Waals surface area contributed by atoms with Crippen LogP contribution in [0.1, 0.15) is 31.1 Å². The number of primary amides is 1. The van der Waals surface area contributed by atoms with Gasteiger partial charge in [-0.15, -0.1) is 0 Å². The van der Waals surface area contributed by atoms with Crippen molar-refractivity contribution in [2.75, 3.05) is 17.6 Å². The number of carbonyl (C=O) groups excluding carboxylic acids is 1. The Labute approximate surface area is 114 Å². The highest BCUT2D eigenvalue weighted by atomic mass is 32.2. The number of sulfone groups is 1. The summed E-state index contributed by atoms with van der Waals surface area (Å²) in [6.07, 6.45) is 0. The fourth-order valence-corrected chi connectivity index (χ4v) is 2.37. The highest BCUT2D eigenvalue weighted by Crippen LogP contribution is 2.16. The number of carbonyl (C=O) groups is 1. The Morgan fingerprint density at radius 2 is 1.74 bits per heavy atom. The number of hydrogen-bond donors (Lipinski definition) is 2. The molecule has 0 saturated carbocycles. The molecule has 0 radical (unpaired) electrons. The Balaban J connectivity index is 2.57. The van der Waals surface area contributed by atoms with E-state index in [4.69, 9.17) is 5.73 Å². The van der Waals surface area contributed by atoms with Gasteiger partial charge >= 0.3 is 0 Å². The van der Waals surface area contributed by atoms with Crippen LogP contribution in [0.15, 0.2) is 24.3 Å². The lowest BCUT2D eigenvalue weighted by Crippen LogP contribution is -2.32. The lowest BCUT2D eigenvalue weighted by molar-refractivity contribution is 0.100. The number of benzene rings is 1. The van der Waals surface area contributed by atoms with E-state index in [1.807, 2.05) is 0 Å². The Bertz CT molecular complexity index is 542. The third-order valence-corrected chi connectivity index (χ3v) is 5.41. The second-order valence-corrected chi connectivity index (χ2v) is 8.16. The normalized spacial score (nSPS) is 12.2. The summed E-state index contributed by atoms with van der Waals surface area (Å²) in [5.74, 6) is -0.421. The zero-order valence-electron chi connectivity index (χ0n) is 11.4. The van der Waals surface area contributed by atoms with Crippen LogP contribution in [0, 0.1) is 0 Å². The second-order valence-electron chi connectivity index (χ2n) is 5.30. The predicted molar refractivity (Wildman–Crippen MR) is 77.0 cm³/mol. The van der Waals surface area contributed by atoms with Gasteiger partial charge in [0.25, 0.3) is 0 Å². The summed E-state index contributed by atoms with van der Waals surface area (Å²) in [4.78, 5) is 10.9. The van der Waals surface area contributed by atoms with Crippen LogP contribution in [0.25, 0.3) is 0 Å². The first kappa shape index (κ1) is 15.5. The van der Waals surface area contributed by atoms with Crippen molar-refractivity contribution in [3.8, 4) is 0 Å². The second kappa shape index (κ2) is 5.61. The molecule has 1 aromatic carbocycles. The van der Waals surface area contributed by atoms with Crippen molar-refractivity contribution in [3.63, 3.8) is 0 Å². The molecule has 1 aromatic rings. The van der Waals surface area contributed by atoms with E-state index in [1.165, 1.54) is 0 Å². The molecule has 0 atom stereocenters. The summed E-state index contributed by atoms with van der Waals surface area (Å²) in [6.45, 7) is 5.38. The molecule has 6 heteroatoms. The lowest BCUT2D eigenvalue weighted by Gasteiger charge is -2.19. The fraction of sp³-hybridized carbons (Fsp3) is 0.462. The number of hydrogen-bond acceptors (Lipinski definition) is 4. The first-order valence-corrected chi connectivity index (χ1v) is 7.65. The van der Waals surface area contributed by atoms with E-state index in [0.29, 0.717) is 12.1 Å². The fourth-order valence-electron chi connectivity index (χ4n) is 1.39. The van der Waals surface area contributed by atoms with E-state index in [2.05, 4.69) is 5.32 Å². The van der Waals surface area contributed by atoms with Gasteiger partial charge in [0.05, 0.1) is 10.5 Å². The molecule has 0 aliphatic rings. The van der Waals surface area contributed by atoms with Gasteiger partial charge < -0.3 is 11.1 Å². The van der Waals surface area contributed by atoms with Crippen molar-refractivity contribution in [1.82, 2.24) is 0 Å². The third-order valence-electron chi connectivity index (χ3n) is 2.80. The zero-order chi connectivity index (χ0) is 14.7. The van der Waals surface area contributed by atoms with Crippen LogP contribution in [0.5, 0.6) is 0 Å². The molecule has 0 spiro atoms. The van der Waals surface area contributed by atoms with Crippen molar-refractivity contribution < 1.29 is 13.2 Å². The van der Waals surface area contributed by atoms with Gasteiger partial charge in [0.15, 0.2) is 9.84 Å². The molecular weight excluding hydrogens is 264 g/mol. The third kappa shape index (κ3) is 4.24. The predicted octanol–water partition coefficient (Wildman–Crippen LogP) is 1.41. The molecule has 19 heavy (non-hydrogen) atoms. The Morgan fingerprint density at radius 1 is 1.21 bits per heavy atom. The van der Waals surface area contributed by atoms with Crippen LogP contribution in [0.2, 0.25) is 0 Å². The number of rotatable bonds is 5. The Morgan fingerprint density at radius 3 is 2.16 bits per heavy atom. The molecule has 1 rings (SSSR count). The highest BCUT2D eigenvalue weighted by molar-refractivity contribution is 7.92. The molecule has 0 heterocycles. The van der Waals surface area contributed by atoms with E-state index in [0.717, 1.165) is 5.69 Å². The highest BCUT2D eigenvalue weighted by Gasteiger charge is 2.28. The number of nitrogens with one attached hydrogen (secondary N) is 1. The maximum atomic E-state index is 11.9. The van der Waals surface area contributed by atoms with Gasteiger partial charge in [0, 0.05) is 17.8 Å². The van der Waals surface area contributed by atoms with Crippen LogP contribution >= 0.6 is 0 Å². The van der Waals surface area contributed by atoms with Gasteiger partial charge in [-0.3, -0.25) is 4.79 Å². The molecule has 0 bridgehead atoms. The van der Waals surface area contributed by atoms with E-state index in [9.17, 15) is 13.2 Å². The average molecular weight is 284 g/mol. The molecule has 0 fully saturated rings. The van der Waals surface area contributed by atoms with Crippen molar-refractivity contribution in [1.29, 1.82) is 0 Å². The first-order valence-electron chi connectivity index (χ1n) is 5.99. The maximum absolute atomic E-state index is 11.9. The number of nitrogens with two attached hydrogens (primary N) is 1. The molecule has 0 aliphatic carbocycles. The summed E-state index contributed by atoms with van der Waals surface area (Å²) in [6, 6.07) is 6.60. The van der Waals surface area contributed by atoms with Gasteiger partial charge in [-0.2, -0.15) is 0 Å². The van der Waals surface area contributed by atoms with Gasteiger partial charge in [-0.25, -0.2) is 8.42 Å². The van der Waals surface area contributed by atoms with E-state index < -0.39 is 20.5 Å². The van der Waals surface area contributed by atoms with Crippen LogP contribution in [0.4, 0.5) is 5.69 Å². The summed E-state index contributed by atoms with van der Waals surface area (Å²) in [7, 11) is -3.13. The zero-order valence-corrected chi connectivity index (χ0v) is 12.3. The molecular formula is C13H20N2O3S. The maximum Gasteiger partial charge on any atom is 0.248 e. The van der Waals surface area contributed by atoms with E-state index in [1.54, 1.807) is 45.0 Å². The molecule has 0 aliphatic heterocycles. The molecule has 106 valence electrons. The largest absolute Gasteiger partial charge is 0.384 e. The molecule has 1 amide bonds.